The number of hydrogen-bond acceptors (Lipinski definition) is 6. The Morgan fingerprint density at radius 3 is 3.08 bits per heavy atom. The number of rotatable bonds is 4. The Kier molecular flexibility index (Phi) is 3.45. The van der Waals surface area contributed by atoms with Crippen molar-refractivity contribution in [3.63, 3.8) is 0 Å². The van der Waals surface area contributed by atoms with Crippen LogP contribution in [-0.2, 0) is 6.42 Å². The van der Waals surface area contributed by atoms with E-state index in [4.69, 9.17) is 9.15 Å². The second-order valence-electron chi connectivity index (χ2n) is 5.39. The minimum atomic E-state index is -0.360. The first-order chi connectivity index (χ1) is 11.7. The molecule has 120 valence electrons. The molecule has 4 rings (SSSR count). The maximum absolute atomic E-state index is 11.7. The average molecular weight is 322 g/mol. The van der Waals surface area contributed by atoms with Crippen LogP contribution in [0.25, 0.3) is 16.6 Å². The van der Waals surface area contributed by atoms with E-state index in [1.54, 1.807) is 35.3 Å². The molecule has 0 N–H and O–H groups in total. The van der Waals surface area contributed by atoms with Crippen LogP contribution in [0.5, 0.6) is 11.6 Å². The second kappa shape index (κ2) is 5.77. The maximum Gasteiger partial charge on any atom is 0.336 e. The van der Waals surface area contributed by atoms with Gasteiger partial charge in [-0.25, -0.2) is 9.78 Å². The minimum absolute atomic E-state index is 0.335. The highest BCUT2D eigenvalue weighted by atomic mass is 16.5. The van der Waals surface area contributed by atoms with Crippen LogP contribution in [0.3, 0.4) is 0 Å². The van der Waals surface area contributed by atoms with Crippen molar-refractivity contribution in [2.24, 2.45) is 0 Å². The van der Waals surface area contributed by atoms with E-state index in [2.05, 4.69) is 22.1 Å². The first-order valence-corrected chi connectivity index (χ1v) is 7.63. The van der Waals surface area contributed by atoms with Crippen LogP contribution in [0.15, 0.2) is 52.2 Å². The molecule has 7 nitrogen and oxygen atoms in total. The van der Waals surface area contributed by atoms with E-state index in [0.717, 1.165) is 23.8 Å². The predicted molar refractivity (Wildman–Crippen MR) is 87.3 cm³/mol. The van der Waals surface area contributed by atoms with Crippen molar-refractivity contribution in [3.8, 4) is 11.6 Å². The Morgan fingerprint density at radius 1 is 1.29 bits per heavy atom. The second-order valence-corrected chi connectivity index (χ2v) is 5.39. The summed E-state index contributed by atoms with van der Waals surface area (Å²) in [7, 11) is 0. The molecule has 0 unspecified atom stereocenters. The highest BCUT2D eigenvalue weighted by Gasteiger charge is 2.10. The summed E-state index contributed by atoms with van der Waals surface area (Å²) < 4.78 is 12.8. The monoisotopic (exact) mass is 322 g/mol. The summed E-state index contributed by atoms with van der Waals surface area (Å²) in [6.07, 6.45) is 6.68. The van der Waals surface area contributed by atoms with E-state index in [9.17, 15) is 4.79 Å². The number of fused-ring (bicyclic) bond motifs is 2. The lowest BCUT2D eigenvalue weighted by Crippen LogP contribution is -2.01. The molecule has 0 spiro atoms. The van der Waals surface area contributed by atoms with Crippen LogP contribution in [0.4, 0.5) is 0 Å². The third-order valence-electron chi connectivity index (χ3n) is 3.72. The van der Waals surface area contributed by atoms with Crippen LogP contribution < -0.4 is 10.4 Å². The molecule has 24 heavy (non-hydrogen) atoms. The van der Waals surface area contributed by atoms with E-state index in [-0.39, 0.29) is 5.63 Å². The molecule has 4 aromatic rings. The van der Waals surface area contributed by atoms with Gasteiger partial charge in [-0.2, -0.15) is 0 Å². The molecule has 0 fully saturated rings. The third kappa shape index (κ3) is 2.50. The van der Waals surface area contributed by atoms with Gasteiger partial charge >= 0.3 is 5.63 Å². The Bertz CT molecular complexity index is 1080. The molecule has 1 aromatic carbocycles. The Balaban J connectivity index is 1.78. The summed E-state index contributed by atoms with van der Waals surface area (Å²) in [6, 6.07) is 6.95. The molecule has 3 heterocycles. The van der Waals surface area contributed by atoms with Gasteiger partial charge in [0, 0.05) is 29.9 Å². The van der Waals surface area contributed by atoms with Gasteiger partial charge in [-0.15, -0.1) is 10.2 Å². The van der Waals surface area contributed by atoms with Crippen LogP contribution >= 0.6 is 0 Å². The van der Waals surface area contributed by atoms with Gasteiger partial charge in [0.1, 0.15) is 17.7 Å². The van der Waals surface area contributed by atoms with Gasteiger partial charge < -0.3 is 9.15 Å². The first-order valence-electron chi connectivity index (χ1n) is 7.63. The zero-order chi connectivity index (χ0) is 16.5. The number of hydrogen-bond donors (Lipinski definition) is 0. The van der Waals surface area contributed by atoms with Crippen molar-refractivity contribution in [3.05, 3.63) is 59.0 Å². The molecule has 0 aliphatic heterocycles. The van der Waals surface area contributed by atoms with Gasteiger partial charge in [-0.05, 0) is 24.1 Å². The quantitative estimate of drug-likeness (QED) is 0.537. The SMILES string of the molecule is CCCc1cc(=O)oc2cc(Oc3nccn4cnnc34)ccc12. The summed E-state index contributed by atoms with van der Waals surface area (Å²) >= 11 is 0. The molecule has 0 saturated heterocycles. The molecule has 3 aromatic heterocycles. The fourth-order valence-electron chi connectivity index (χ4n) is 2.67. The standard InChI is InChI=1S/C17H14N4O3/c1-2-3-11-8-15(22)24-14-9-12(4-5-13(11)14)23-17-16-20-19-10-21(16)7-6-18-17/h4-10H,2-3H2,1H3. The molecule has 0 saturated carbocycles. The molecular formula is C17H14N4O3. The molecule has 0 aliphatic carbocycles. The molecule has 0 bridgehead atoms. The molecule has 0 aliphatic rings. The number of ether oxygens (including phenoxy) is 1. The first kappa shape index (κ1) is 14.4. The van der Waals surface area contributed by atoms with Gasteiger partial charge in [0.05, 0.1) is 0 Å². The number of benzene rings is 1. The Morgan fingerprint density at radius 2 is 2.21 bits per heavy atom. The average Bonchev–Trinajstić information content (AvgIpc) is 3.04. The van der Waals surface area contributed by atoms with Crippen LogP contribution in [0.2, 0.25) is 0 Å². The predicted octanol–water partition coefficient (Wildman–Crippen LogP) is 2.98. The smallest absolute Gasteiger partial charge is 0.336 e. The van der Waals surface area contributed by atoms with Gasteiger partial charge in [0.2, 0.25) is 5.65 Å². The van der Waals surface area contributed by atoms with Crippen molar-refractivity contribution in [1.82, 2.24) is 19.6 Å². The van der Waals surface area contributed by atoms with Crippen molar-refractivity contribution >= 4 is 16.6 Å². The van der Waals surface area contributed by atoms with E-state index in [0.29, 0.717) is 22.9 Å². The van der Waals surface area contributed by atoms with Crippen molar-refractivity contribution in [2.45, 2.75) is 19.8 Å². The molecule has 0 radical (unpaired) electrons. The maximum atomic E-state index is 11.7. The summed E-state index contributed by atoms with van der Waals surface area (Å²) in [5.41, 5.74) is 1.63. The third-order valence-corrected chi connectivity index (χ3v) is 3.72. The Labute approximate surface area is 136 Å². The molecule has 0 amide bonds. The van der Waals surface area contributed by atoms with E-state index in [1.165, 1.54) is 0 Å². The molecule has 0 atom stereocenters. The zero-order valence-electron chi connectivity index (χ0n) is 13.0. The Hall–Kier alpha value is -3.22. The van der Waals surface area contributed by atoms with Gasteiger partial charge in [-0.3, -0.25) is 4.40 Å². The lowest BCUT2D eigenvalue weighted by molar-refractivity contribution is 0.463. The van der Waals surface area contributed by atoms with Gasteiger partial charge in [-0.1, -0.05) is 13.3 Å². The van der Waals surface area contributed by atoms with E-state index < -0.39 is 0 Å². The topological polar surface area (TPSA) is 82.5 Å². The number of nitrogens with zero attached hydrogens (tertiary/aromatic N) is 4. The fourth-order valence-corrected chi connectivity index (χ4v) is 2.67. The van der Waals surface area contributed by atoms with Crippen molar-refractivity contribution in [1.29, 1.82) is 0 Å². The lowest BCUT2D eigenvalue weighted by Gasteiger charge is -2.08. The summed E-state index contributed by atoms with van der Waals surface area (Å²) in [6.45, 7) is 2.07. The van der Waals surface area contributed by atoms with Gasteiger partial charge in [0.15, 0.2) is 0 Å². The summed E-state index contributed by atoms with van der Waals surface area (Å²) in [5.74, 6) is 0.851. The number of aryl methyl sites for hydroxylation is 1. The lowest BCUT2D eigenvalue weighted by atomic mass is 10.1. The van der Waals surface area contributed by atoms with E-state index in [1.807, 2.05) is 12.1 Å². The molecular weight excluding hydrogens is 308 g/mol. The number of aromatic nitrogens is 4. The van der Waals surface area contributed by atoms with Crippen LogP contribution in [-0.4, -0.2) is 19.6 Å². The summed E-state index contributed by atoms with van der Waals surface area (Å²) in [4.78, 5) is 15.9. The molecule has 7 heteroatoms. The van der Waals surface area contributed by atoms with Crippen molar-refractivity contribution in [2.75, 3.05) is 0 Å². The van der Waals surface area contributed by atoms with E-state index >= 15 is 0 Å². The fraction of sp³-hybridized carbons (Fsp3) is 0.176. The van der Waals surface area contributed by atoms with Gasteiger partial charge in [0.25, 0.3) is 5.88 Å². The van der Waals surface area contributed by atoms with Crippen molar-refractivity contribution < 1.29 is 9.15 Å². The highest BCUT2D eigenvalue weighted by Crippen LogP contribution is 2.27. The summed E-state index contributed by atoms with van der Waals surface area (Å²) in [5, 5.41) is 8.73. The van der Waals surface area contributed by atoms with Crippen LogP contribution in [0, 0.1) is 0 Å². The highest BCUT2D eigenvalue weighted by molar-refractivity contribution is 5.81. The minimum Gasteiger partial charge on any atom is -0.436 e. The van der Waals surface area contributed by atoms with Crippen LogP contribution in [0.1, 0.15) is 18.9 Å². The zero-order valence-corrected chi connectivity index (χ0v) is 13.0. The largest absolute Gasteiger partial charge is 0.436 e. The normalized spacial score (nSPS) is 11.2.